The van der Waals surface area contributed by atoms with E-state index in [0.717, 1.165) is 0 Å². The first-order valence-electron chi connectivity index (χ1n) is 3.61. The van der Waals surface area contributed by atoms with E-state index in [1.165, 1.54) is 0 Å². The molecule has 0 heterocycles. The second kappa shape index (κ2) is 4.02. The van der Waals surface area contributed by atoms with Gasteiger partial charge in [0.25, 0.3) is 0 Å². The van der Waals surface area contributed by atoms with E-state index in [-0.39, 0.29) is 5.76 Å². The van der Waals surface area contributed by atoms with E-state index in [9.17, 15) is 4.79 Å². The number of rotatable bonds is 4. The van der Waals surface area contributed by atoms with Crippen molar-refractivity contribution in [1.82, 2.24) is 0 Å². The molecule has 0 aliphatic heterocycles. The molecule has 0 saturated heterocycles. The highest BCUT2D eigenvalue weighted by atomic mass is 28.4. The summed E-state index contributed by atoms with van der Waals surface area (Å²) in [5.74, 6) is -1.46. The van der Waals surface area contributed by atoms with Crippen LogP contribution in [0.1, 0.15) is 0 Å². The molecule has 0 aromatic carbocycles. The highest BCUT2D eigenvalue weighted by molar-refractivity contribution is 6.70. The van der Waals surface area contributed by atoms with E-state index in [0.29, 0.717) is 0 Å². The largest absolute Gasteiger partial charge is 0.539 e. The van der Waals surface area contributed by atoms with Crippen molar-refractivity contribution in [3.8, 4) is 0 Å². The summed E-state index contributed by atoms with van der Waals surface area (Å²) in [5, 5.41) is 8.52. The van der Waals surface area contributed by atoms with Gasteiger partial charge in [-0.2, -0.15) is 4.79 Å². The Labute approximate surface area is 77.4 Å². The smallest absolute Gasteiger partial charge is 0.438 e. The predicted molar refractivity (Wildman–Crippen MR) is 49.8 cm³/mol. The summed E-state index contributed by atoms with van der Waals surface area (Å²) in [6, 6.07) is 0. The van der Waals surface area contributed by atoms with Crippen LogP contribution < -0.4 is 0 Å². The molecule has 0 aliphatic carbocycles. The van der Waals surface area contributed by atoms with Crippen molar-refractivity contribution >= 4 is 20.0 Å². The van der Waals surface area contributed by atoms with Crippen LogP contribution in [0.5, 0.6) is 0 Å². The minimum atomic E-state index is -1.90. The minimum Gasteiger partial charge on any atom is -0.539 e. The summed E-state index contributed by atoms with van der Waals surface area (Å²) in [5.41, 5.74) is 7.79. The Bertz CT molecular complexity index is 287. The third-order valence-corrected chi connectivity index (χ3v) is 1.85. The standard InChI is InChI=1S/C7H12N2O3Si/c1-5(12-13(2,3)4)6(9-8)7(10)11/h1H2,2-4H3,(H,10,11). The van der Waals surface area contributed by atoms with Crippen molar-refractivity contribution in [3.05, 3.63) is 17.9 Å². The predicted octanol–water partition coefficient (Wildman–Crippen LogP) is 1.11. The molecule has 0 radical (unpaired) electrons. The van der Waals surface area contributed by atoms with E-state index in [1.54, 1.807) is 0 Å². The molecule has 0 saturated carbocycles. The van der Waals surface area contributed by atoms with E-state index in [4.69, 9.17) is 15.1 Å². The Morgan fingerprint density at radius 1 is 1.54 bits per heavy atom. The molecule has 0 spiro atoms. The number of hydrogen-bond donors (Lipinski definition) is 1. The van der Waals surface area contributed by atoms with Gasteiger partial charge in [0.1, 0.15) is 0 Å². The van der Waals surface area contributed by atoms with E-state index in [1.807, 2.05) is 19.6 Å². The fourth-order valence-corrected chi connectivity index (χ4v) is 1.47. The summed E-state index contributed by atoms with van der Waals surface area (Å²) in [7, 11) is -1.90. The molecule has 0 bridgehead atoms. The molecule has 0 aliphatic rings. The molecule has 72 valence electrons. The summed E-state index contributed by atoms with van der Waals surface area (Å²) < 4.78 is 5.22. The zero-order valence-corrected chi connectivity index (χ0v) is 8.87. The summed E-state index contributed by atoms with van der Waals surface area (Å²) >= 11 is 0. The maximum Gasteiger partial charge on any atom is 0.438 e. The SMILES string of the molecule is C=C(O[Si](C)(C)C)C(=[N+]=[N-])C(=O)O. The van der Waals surface area contributed by atoms with E-state index in [2.05, 4.69) is 11.4 Å². The van der Waals surface area contributed by atoms with Crippen LogP contribution in [0.15, 0.2) is 12.3 Å². The Balaban J connectivity index is 4.62. The quantitative estimate of drug-likeness (QED) is 0.242. The van der Waals surface area contributed by atoms with Crippen LogP contribution in [0, 0.1) is 0 Å². The molecule has 0 fully saturated rings. The van der Waals surface area contributed by atoms with Gasteiger partial charge < -0.3 is 15.1 Å². The highest BCUT2D eigenvalue weighted by Gasteiger charge is 2.28. The van der Waals surface area contributed by atoms with Gasteiger partial charge in [-0.3, -0.25) is 0 Å². The van der Waals surface area contributed by atoms with Crippen molar-refractivity contribution < 1.29 is 19.1 Å². The van der Waals surface area contributed by atoms with Gasteiger partial charge in [-0.15, -0.1) is 0 Å². The maximum atomic E-state index is 10.4. The molecule has 0 unspecified atom stereocenters. The van der Waals surface area contributed by atoms with Crippen LogP contribution in [0.2, 0.25) is 19.6 Å². The number of nitrogens with zero attached hydrogens (tertiary/aromatic N) is 2. The fourth-order valence-electron chi connectivity index (χ4n) is 0.636. The molecule has 0 aromatic heterocycles. The first-order valence-corrected chi connectivity index (χ1v) is 7.02. The number of carboxylic acids is 1. The van der Waals surface area contributed by atoms with E-state index < -0.39 is 20.0 Å². The molecule has 0 aromatic rings. The molecule has 1 N–H and O–H groups in total. The molecule has 13 heavy (non-hydrogen) atoms. The Morgan fingerprint density at radius 3 is 2.23 bits per heavy atom. The monoisotopic (exact) mass is 200 g/mol. The maximum absolute atomic E-state index is 10.4. The molecule has 6 heteroatoms. The molecule has 5 nitrogen and oxygen atoms in total. The third kappa shape index (κ3) is 4.24. The first kappa shape index (κ1) is 11.6. The normalized spacial score (nSPS) is 10.1. The molecular formula is C7H12N2O3Si. The van der Waals surface area contributed by atoms with Gasteiger partial charge >= 0.3 is 11.7 Å². The van der Waals surface area contributed by atoms with Gasteiger partial charge in [0.2, 0.25) is 8.32 Å². The zero-order valence-electron chi connectivity index (χ0n) is 7.87. The average molecular weight is 200 g/mol. The second-order valence-corrected chi connectivity index (χ2v) is 7.82. The topological polar surface area (TPSA) is 82.9 Å². The summed E-state index contributed by atoms with van der Waals surface area (Å²) in [4.78, 5) is 13.0. The lowest BCUT2D eigenvalue weighted by Gasteiger charge is -2.17. The Kier molecular flexibility index (Phi) is 3.59. The number of carbonyl (C=O) groups is 1. The minimum absolute atomic E-state index is 0.103. The van der Waals surface area contributed by atoms with Gasteiger partial charge in [-0.05, 0) is 26.2 Å². The lowest BCUT2D eigenvalue weighted by atomic mass is 10.3. The van der Waals surface area contributed by atoms with Crippen LogP contribution in [-0.4, -0.2) is 29.9 Å². The van der Waals surface area contributed by atoms with Crippen LogP contribution in [0.25, 0.3) is 5.53 Å². The lowest BCUT2D eigenvalue weighted by molar-refractivity contribution is -0.134. The van der Waals surface area contributed by atoms with E-state index >= 15 is 0 Å². The Hall–Kier alpha value is -1.39. The average Bonchev–Trinajstić information content (AvgIpc) is 1.82. The van der Waals surface area contributed by atoms with Crippen LogP contribution in [-0.2, 0) is 9.22 Å². The van der Waals surface area contributed by atoms with Gasteiger partial charge in [-0.1, -0.05) is 0 Å². The zero-order chi connectivity index (χ0) is 10.6. The third-order valence-electron chi connectivity index (χ3n) is 0.996. The van der Waals surface area contributed by atoms with Crippen LogP contribution in [0.4, 0.5) is 0 Å². The summed E-state index contributed by atoms with van der Waals surface area (Å²) in [6.45, 7) is 8.98. The number of aliphatic carboxylic acids is 1. The molecule has 0 atom stereocenters. The van der Waals surface area contributed by atoms with Crippen molar-refractivity contribution in [2.24, 2.45) is 0 Å². The Morgan fingerprint density at radius 2 is 2.00 bits per heavy atom. The van der Waals surface area contributed by atoms with Crippen molar-refractivity contribution in [2.75, 3.05) is 0 Å². The lowest BCUT2D eigenvalue weighted by Crippen LogP contribution is -2.29. The van der Waals surface area contributed by atoms with Crippen molar-refractivity contribution in [2.45, 2.75) is 19.6 Å². The second-order valence-electron chi connectivity index (χ2n) is 3.39. The van der Waals surface area contributed by atoms with Gasteiger partial charge in [-0.25, -0.2) is 4.79 Å². The van der Waals surface area contributed by atoms with Crippen LogP contribution >= 0.6 is 0 Å². The molecular weight excluding hydrogens is 188 g/mol. The number of hydrogen-bond acceptors (Lipinski definition) is 2. The van der Waals surface area contributed by atoms with Crippen molar-refractivity contribution in [3.63, 3.8) is 0 Å². The highest BCUT2D eigenvalue weighted by Crippen LogP contribution is 2.09. The first-order chi connectivity index (χ1) is 5.78. The van der Waals surface area contributed by atoms with Gasteiger partial charge in [0.15, 0.2) is 5.76 Å². The van der Waals surface area contributed by atoms with Gasteiger partial charge in [0.05, 0.1) is 0 Å². The molecule has 0 rings (SSSR count). The van der Waals surface area contributed by atoms with Crippen molar-refractivity contribution in [1.29, 1.82) is 0 Å². The summed E-state index contributed by atoms with van der Waals surface area (Å²) in [6.07, 6.45) is 0. The fraction of sp³-hybridized carbons (Fsp3) is 0.429. The number of carboxylic acid groups (broad SMARTS) is 1. The molecule has 0 amide bonds. The van der Waals surface area contributed by atoms with Gasteiger partial charge in [0, 0.05) is 0 Å². The van der Waals surface area contributed by atoms with Crippen LogP contribution in [0.3, 0.4) is 0 Å².